The van der Waals surface area contributed by atoms with Gasteiger partial charge in [-0.2, -0.15) is 0 Å². The minimum absolute atomic E-state index is 0.144. The van der Waals surface area contributed by atoms with Gasteiger partial charge in [-0.3, -0.25) is 4.79 Å². The van der Waals surface area contributed by atoms with Gasteiger partial charge in [-0.25, -0.2) is 9.13 Å². The Hall–Kier alpha value is -3.14. The molecule has 3 aromatic rings. The monoisotopic (exact) mass is 414 g/mol. The minimum Gasteiger partial charge on any atom is -0.369 e. The maximum absolute atomic E-state index is 13.2. The van der Waals surface area contributed by atoms with Crippen LogP contribution in [-0.4, -0.2) is 10.5 Å². The summed E-state index contributed by atoms with van der Waals surface area (Å²) >= 11 is 0. The van der Waals surface area contributed by atoms with Crippen molar-refractivity contribution in [2.45, 2.75) is 51.1 Å². The third kappa shape index (κ3) is 3.71. The van der Waals surface area contributed by atoms with Crippen LogP contribution in [-0.2, 0) is 16.8 Å². The highest BCUT2D eigenvalue weighted by Gasteiger charge is 2.51. The average molecular weight is 415 g/mol. The van der Waals surface area contributed by atoms with E-state index in [1.165, 1.54) is 5.82 Å². The maximum atomic E-state index is 13.2. The molecule has 31 heavy (non-hydrogen) atoms. The number of benzene rings is 2. The van der Waals surface area contributed by atoms with Crippen molar-refractivity contribution in [2.24, 2.45) is 11.7 Å². The van der Waals surface area contributed by atoms with Crippen molar-refractivity contribution in [3.8, 4) is 0 Å². The number of amides is 1. The Bertz CT molecular complexity index is 1010. The molecule has 0 aliphatic heterocycles. The van der Waals surface area contributed by atoms with E-state index in [1.807, 2.05) is 43.3 Å². The van der Waals surface area contributed by atoms with Crippen molar-refractivity contribution in [1.29, 1.82) is 0 Å². The smallest absolute Gasteiger partial charge is 0.253 e. The van der Waals surface area contributed by atoms with Gasteiger partial charge in [0, 0.05) is 6.92 Å². The highest BCUT2D eigenvalue weighted by Crippen LogP contribution is 2.49. The number of carbonyl (C=O) groups is 1. The molecule has 2 N–H and O–H groups in total. The SMILES string of the molecule is CC=CC[n+]1ccn([C@@H]2CC[C@H](C(C(N)=O)(c3ccccc3)c3ccccc3)C2)c1C. The number of hydrogen-bond donors (Lipinski definition) is 1. The third-order valence-electron chi connectivity index (χ3n) is 6.99. The lowest BCUT2D eigenvalue weighted by Crippen LogP contribution is -2.47. The van der Waals surface area contributed by atoms with Crippen LogP contribution >= 0.6 is 0 Å². The number of primary amides is 1. The molecule has 0 unspecified atom stereocenters. The first-order valence-electron chi connectivity index (χ1n) is 11.2. The van der Waals surface area contributed by atoms with Gasteiger partial charge < -0.3 is 5.73 Å². The molecule has 0 spiro atoms. The molecule has 0 saturated heterocycles. The van der Waals surface area contributed by atoms with Gasteiger partial charge in [0.15, 0.2) is 0 Å². The lowest BCUT2D eigenvalue weighted by molar-refractivity contribution is -0.692. The summed E-state index contributed by atoms with van der Waals surface area (Å²) in [7, 11) is 0. The summed E-state index contributed by atoms with van der Waals surface area (Å²) in [5.74, 6) is 1.13. The molecule has 4 heteroatoms. The number of hydrogen-bond acceptors (Lipinski definition) is 1. The van der Waals surface area contributed by atoms with E-state index in [4.69, 9.17) is 5.73 Å². The van der Waals surface area contributed by atoms with Gasteiger partial charge in [0.25, 0.3) is 5.82 Å². The number of nitrogens with two attached hydrogens (primary N) is 1. The highest BCUT2D eigenvalue weighted by molar-refractivity contribution is 5.91. The van der Waals surface area contributed by atoms with Crippen molar-refractivity contribution in [3.05, 3.63) is 102 Å². The number of rotatable bonds is 7. The molecule has 1 aromatic heterocycles. The van der Waals surface area contributed by atoms with E-state index in [-0.39, 0.29) is 11.8 Å². The summed E-state index contributed by atoms with van der Waals surface area (Å²) in [4.78, 5) is 13.2. The molecule has 0 bridgehead atoms. The summed E-state index contributed by atoms with van der Waals surface area (Å²) in [6.07, 6.45) is 11.5. The molecule has 1 aliphatic carbocycles. The first-order valence-corrected chi connectivity index (χ1v) is 11.2. The zero-order chi connectivity index (χ0) is 21.8. The molecular weight excluding hydrogens is 382 g/mol. The van der Waals surface area contributed by atoms with Crippen molar-refractivity contribution >= 4 is 5.91 Å². The lowest BCUT2D eigenvalue weighted by atomic mass is 9.64. The molecule has 1 fully saturated rings. The van der Waals surface area contributed by atoms with E-state index in [0.717, 1.165) is 36.9 Å². The molecule has 1 amide bonds. The van der Waals surface area contributed by atoms with Crippen molar-refractivity contribution in [1.82, 2.24) is 4.57 Å². The Kier molecular flexibility index (Phi) is 6.08. The van der Waals surface area contributed by atoms with Gasteiger partial charge in [-0.1, -0.05) is 66.7 Å². The standard InChI is InChI=1S/C27H31N3O/c1-3-4-17-29-18-19-30(21(29)2)25-16-15-24(20-25)27(26(28)31,22-11-7-5-8-12-22)23-13-9-6-10-14-23/h3-14,18-19,24-25H,15-17,20H2,1-2H3,(H-,28,31)/p+1/t24-,25+/m0/s1. The van der Waals surface area contributed by atoms with Crippen LogP contribution in [0.2, 0.25) is 0 Å². The number of allylic oxidation sites excluding steroid dienone is 2. The highest BCUT2D eigenvalue weighted by atomic mass is 16.1. The van der Waals surface area contributed by atoms with Crippen LogP contribution in [0.3, 0.4) is 0 Å². The minimum atomic E-state index is -0.820. The molecular formula is C27H32N3O+. The van der Waals surface area contributed by atoms with Gasteiger partial charge in [0.1, 0.15) is 30.4 Å². The largest absolute Gasteiger partial charge is 0.369 e. The average Bonchev–Trinajstić information content (AvgIpc) is 3.41. The Balaban J connectivity index is 1.73. The summed E-state index contributed by atoms with van der Waals surface area (Å²) in [6, 6.07) is 20.6. The summed E-state index contributed by atoms with van der Waals surface area (Å²) in [5, 5.41) is 0. The Labute approximate surface area is 185 Å². The van der Waals surface area contributed by atoms with Crippen molar-refractivity contribution in [2.75, 3.05) is 0 Å². The molecule has 1 aliphatic rings. The van der Waals surface area contributed by atoms with Crippen molar-refractivity contribution in [3.63, 3.8) is 0 Å². The van der Waals surface area contributed by atoms with E-state index in [2.05, 4.69) is 64.9 Å². The molecule has 2 aromatic carbocycles. The van der Waals surface area contributed by atoms with E-state index in [0.29, 0.717) is 6.04 Å². The fraction of sp³-hybridized carbons (Fsp3) is 0.333. The second-order valence-corrected chi connectivity index (χ2v) is 8.54. The molecule has 2 atom stereocenters. The summed E-state index contributed by atoms with van der Waals surface area (Å²) in [6.45, 7) is 5.10. The first kappa shape index (κ1) is 21.1. The van der Waals surface area contributed by atoms with Gasteiger partial charge in [0.2, 0.25) is 5.91 Å². The Morgan fingerprint density at radius 2 is 1.71 bits per heavy atom. The third-order valence-corrected chi connectivity index (χ3v) is 6.99. The predicted molar refractivity (Wildman–Crippen MR) is 123 cm³/mol. The molecule has 4 nitrogen and oxygen atoms in total. The van der Waals surface area contributed by atoms with Crippen LogP contribution in [0.15, 0.2) is 85.2 Å². The van der Waals surface area contributed by atoms with E-state index < -0.39 is 5.41 Å². The van der Waals surface area contributed by atoms with E-state index >= 15 is 0 Å². The zero-order valence-corrected chi connectivity index (χ0v) is 18.4. The molecule has 0 radical (unpaired) electrons. The quantitative estimate of drug-likeness (QED) is 0.450. The first-order chi connectivity index (χ1) is 15.1. The van der Waals surface area contributed by atoms with Crippen LogP contribution in [0.4, 0.5) is 0 Å². The van der Waals surface area contributed by atoms with Gasteiger partial charge in [-0.15, -0.1) is 0 Å². The fourth-order valence-electron chi connectivity index (χ4n) is 5.44. The van der Waals surface area contributed by atoms with Crippen LogP contribution in [0.25, 0.3) is 0 Å². The van der Waals surface area contributed by atoms with Crippen LogP contribution < -0.4 is 10.3 Å². The summed E-state index contributed by atoms with van der Waals surface area (Å²) < 4.78 is 4.65. The number of carbonyl (C=O) groups excluding carboxylic acids is 1. The van der Waals surface area contributed by atoms with Crippen LogP contribution in [0.1, 0.15) is 49.2 Å². The molecule has 4 rings (SSSR count). The van der Waals surface area contributed by atoms with Gasteiger partial charge in [-0.05, 0) is 49.3 Å². The number of aromatic nitrogens is 2. The van der Waals surface area contributed by atoms with Gasteiger partial charge in [0.05, 0.1) is 0 Å². The Morgan fingerprint density at radius 3 is 2.26 bits per heavy atom. The Morgan fingerprint density at radius 1 is 1.10 bits per heavy atom. The van der Waals surface area contributed by atoms with Crippen LogP contribution in [0.5, 0.6) is 0 Å². The molecule has 1 heterocycles. The molecule has 1 saturated carbocycles. The maximum Gasteiger partial charge on any atom is 0.253 e. The number of nitrogens with zero attached hydrogens (tertiary/aromatic N) is 2. The normalized spacial score (nSPS) is 19.2. The van der Waals surface area contributed by atoms with Crippen LogP contribution in [0, 0.1) is 12.8 Å². The topological polar surface area (TPSA) is 51.9 Å². The lowest BCUT2D eigenvalue weighted by Gasteiger charge is -2.37. The second-order valence-electron chi connectivity index (χ2n) is 8.54. The second kappa shape index (κ2) is 8.93. The predicted octanol–water partition coefficient (Wildman–Crippen LogP) is 4.47. The fourth-order valence-corrected chi connectivity index (χ4v) is 5.44. The summed E-state index contributed by atoms with van der Waals surface area (Å²) in [5.41, 5.74) is 7.40. The van der Waals surface area contributed by atoms with Crippen molar-refractivity contribution < 1.29 is 9.36 Å². The van der Waals surface area contributed by atoms with E-state index in [9.17, 15) is 4.79 Å². The molecule has 160 valence electrons. The zero-order valence-electron chi connectivity index (χ0n) is 18.4. The van der Waals surface area contributed by atoms with Gasteiger partial charge >= 0.3 is 0 Å². The number of imidazole rings is 1. The van der Waals surface area contributed by atoms with E-state index in [1.54, 1.807) is 0 Å².